The summed E-state index contributed by atoms with van der Waals surface area (Å²) in [4.78, 5) is 2.87. The molecule has 1 saturated heterocycles. The molecule has 2 aliphatic rings. The van der Waals surface area contributed by atoms with Gasteiger partial charge in [-0.25, -0.2) is 0 Å². The van der Waals surface area contributed by atoms with Gasteiger partial charge in [0.05, 0.1) is 0 Å². The van der Waals surface area contributed by atoms with E-state index in [1.54, 1.807) is 0 Å². The van der Waals surface area contributed by atoms with Crippen molar-refractivity contribution in [2.75, 3.05) is 26.7 Å². The van der Waals surface area contributed by atoms with Gasteiger partial charge < -0.3 is 5.32 Å². The first-order chi connectivity index (χ1) is 9.24. The third-order valence-electron chi connectivity index (χ3n) is 5.95. The van der Waals surface area contributed by atoms with E-state index in [1.165, 1.54) is 71.0 Å². The number of likely N-dealkylation sites (tertiary alicyclic amines) is 1. The molecule has 0 aromatic heterocycles. The second-order valence-corrected chi connectivity index (χ2v) is 6.96. The van der Waals surface area contributed by atoms with Gasteiger partial charge in [0.15, 0.2) is 0 Å². The van der Waals surface area contributed by atoms with E-state index >= 15 is 0 Å². The smallest absolute Gasteiger partial charge is 0.0124 e. The maximum absolute atomic E-state index is 3.45. The lowest BCUT2D eigenvalue weighted by molar-refractivity contribution is 0.0206. The Kier molecular flexibility index (Phi) is 5.70. The monoisotopic (exact) mass is 266 g/mol. The van der Waals surface area contributed by atoms with E-state index in [0.29, 0.717) is 5.41 Å². The minimum atomic E-state index is 0.494. The predicted octanol–water partition coefficient (Wildman–Crippen LogP) is 3.67. The zero-order chi connectivity index (χ0) is 13.7. The molecule has 1 N–H and O–H groups in total. The van der Waals surface area contributed by atoms with Crippen LogP contribution in [0.15, 0.2) is 0 Å². The molecule has 0 amide bonds. The van der Waals surface area contributed by atoms with E-state index in [4.69, 9.17) is 0 Å². The van der Waals surface area contributed by atoms with Crippen LogP contribution in [-0.2, 0) is 0 Å². The molecule has 1 heterocycles. The first-order valence-electron chi connectivity index (χ1n) is 8.63. The number of piperidine rings is 1. The molecule has 0 aromatic carbocycles. The Morgan fingerprint density at radius 3 is 2.42 bits per heavy atom. The zero-order valence-electron chi connectivity index (χ0n) is 13.4. The first-order valence-corrected chi connectivity index (χ1v) is 8.63. The van der Waals surface area contributed by atoms with Crippen molar-refractivity contribution in [2.24, 2.45) is 11.3 Å². The molecule has 2 fully saturated rings. The maximum atomic E-state index is 3.45. The van der Waals surface area contributed by atoms with Crippen molar-refractivity contribution in [3.05, 3.63) is 0 Å². The zero-order valence-corrected chi connectivity index (χ0v) is 13.4. The van der Waals surface area contributed by atoms with Crippen LogP contribution in [0, 0.1) is 11.3 Å². The van der Waals surface area contributed by atoms with Crippen LogP contribution in [0.25, 0.3) is 0 Å². The van der Waals surface area contributed by atoms with Gasteiger partial charge in [-0.2, -0.15) is 0 Å². The van der Waals surface area contributed by atoms with Gasteiger partial charge in [-0.05, 0) is 63.5 Å². The molecule has 112 valence electrons. The lowest BCUT2D eigenvalue weighted by Crippen LogP contribution is -2.52. The van der Waals surface area contributed by atoms with Crippen molar-refractivity contribution in [3.63, 3.8) is 0 Å². The summed E-state index contributed by atoms with van der Waals surface area (Å²) in [5.74, 6) is 1.02. The van der Waals surface area contributed by atoms with Gasteiger partial charge >= 0.3 is 0 Å². The first kappa shape index (κ1) is 15.3. The second-order valence-electron chi connectivity index (χ2n) is 6.96. The highest BCUT2D eigenvalue weighted by Crippen LogP contribution is 2.38. The van der Waals surface area contributed by atoms with Crippen LogP contribution < -0.4 is 5.32 Å². The molecule has 1 aliphatic carbocycles. The van der Waals surface area contributed by atoms with E-state index in [9.17, 15) is 0 Å². The Morgan fingerprint density at radius 2 is 1.74 bits per heavy atom. The molecule has 1 saturated carbocycles. The highest BCUT2D eigenvalue weighted by molar-refractivity contribution is 4.91. The van der Waals surface area contributed by atoms with Gasteiger partial charge in [0.2, 0.25) is 0 Å². The van der Waals surface area contributed by atoms with Crippen LogP contribution in [-0.4, -0.2) is 37.6 Å². The van der Waals surface area contributed by atoms with Crippen LogP contribution in [0.2, 0.25) is 0 Å². The summed E-state index contributed by atoms with van der Waals surface area (Å²) in [6, 6.07) is 0.914. The van der Waals surface area contributed by atoms with E-state index < -0.39 is 0 Å². The van der Waals surface area contributed by atoms with Crippen molar-refractivity contribution in [2.45, 2.75) is 71.3 Å². The summed E-state index contributed by atoms with van der Waals surface area (Å²) in [6.45, 7) is 8.61. The van der Waals surface area contributed by atoms with E-state index in [-0.39, 0.29) is 0 Å². The van der Waals surface area contributed by atoms with Gasteiger partial charge in [-0.3, -0.25) is 4.90 Å². The molecule has 2 nitrogen and oxygen atoms in total. The number of hydrogen-bond donors (Lipinski definition) is 1. The largest absolute Gasteiger partial charge is 0.319 e. The fraction of sp³-hybridized carbons (Fsp3) is 1.00. The standard InChI is InChI=1S/C17H34N2/c1-4-17(5-2,13-18-3)14-19-12-8-10-15-9-6-7-11-16(15)19/h15-16,18H,4-14H2,1-3H3/t15-,16-/m1/s1. The molecule has 2 atom stereocenters. The lowest BCUT2D eigenvalue weighted by atomic mass is 9.75. The van der Waals surface area contributed by atoms with E-state index in [0.717, 1.165) is 12.0 Å². The Labute approximate surface area is 120 Å². The van der Waals surface area contributed by atoms with E-state index in [2.05, 4.69) is 31.1 Å². The Morgan fingerprint density at radius 1 is 1.05 bits per heavy atom. The summed E-state index contributed by atoms with van der Waals surface area (Å²) in [5.41, 5.74) is 0.494. The summed E-state index contributed by atoms with van der Waals surface area (Å²) >= 11 is 0. The quantitative estimate of drug-likeness (QED) is 0.789. The van der Waals surface area contributed by atoms with Gasteiger partial charge in [0, 0.05) is 19.1 Å². The highest BCUT2D eigenvalue weighted by atomic mass is 15.2. The lowest BCUT2D eigenvalue weighted by Gasteiger charge is -2.48. The Balaban J connectivity index is 2.02. The van der Waals surface area contributed by atoms with Crippen LogP contribution >= 0.6 is 0 Å². The molecule has 0 spiro atoms. The van der Waals surface area contributed by atoms with Gasteiger partial charge in [-0.1, -0.05) is 26.7 Å². The molecule has 2 rings (SSSR count). The average molecular weight is 266 g/mol. The molecule has 2 heteroatoms. The van der Waals surface area contributed by atoms with Crippen molar-refractivity contribution >= 4 is 0 Å². The van der Waals surface area contributed by atoms with Crippen LogP contribution in [0.5, 0.6) is 0 Å². The third kappa shape index (κ3) is 3.52. The van der Waals surface area contributed by atoms with Gasteiger partial charge in [0.1, 0.15) is 0 Å². The summed E-state index contributed by atoms with van der Waals surface area (Å²) in [5, 5.41) is 3.45. The summed E-state index contributed by atoms with van der Waals surface area (Å²) in [7, 11) is 2.11. The Bertz CT molecular complexity index is 258. The number of fused-ring (bicyclic) bond motifs is 1. The Hall–Kier alpha value is -0.0800. The van der Waals surface area contributed by atoms with Crippen molar-refractivity contribution in [3.8, 4) is 0 Å². The third-order valence-corrected chi connectivity index (χ3v) is 5.95. The molecule has 1 aliphatic heterocycles. The number of nitrogens with one attached hydrogen (secondary N) is 1. The summed E-state index contributed by atoms with van der Waals surface area (Å²) < 4.78 is 0. The van der Waals surface area contributed by atoms with Crippen LogP contribution in [0.1, 0.15) is 65.2 Å². The molecule has 0 aromatic rings. The predicted molar refractivity (Wildman–Crippen MR) is 83.5 cm³/mol. The highest BCUT2D eigenvalue weighted by Gasteiger charge is 2.37. The van der Waals surface area contributed by atoms with Crippen molar-refractivity contribution < 1.29 is 0 Å². The molecule has 0 bridgehead atoms. The second kappa shape index (κ2) is 7.08. The van der Waals surface area contributed by atoms with Crippen LogP contribution in [0.4, 0.5) is 0 Å². The number of rotatable bonds is 6. The minimum absolute atomic E-state index is 0.494. The maximum Gasteiger partial charge on any atom is 0.0124 e. The van der Waals surface area contributed by atoms with Gasteiger partial charge in [-0.15, -0.1) is 0 Å². The van der Waals surface area contributed by atoms with Gasteiger partial charge in [0.25, 0.3) is 0 Å². The SMILES string of the molecule is CCC(CC)(CNC)CN1CCC[C@H]2CCCC[C@H]21. The number of nitrogens with zero attached hydrogens (tertiary/aromatic N) is 1. The van der Waals surface area contributed by atoms with E-state index in [1.807, 2.05) is 0 Å². The van der Waals surface area contributed by atoms with Crippen molar-refractivity contribution in [1.82, 2.24) is 10.2 Å². The molecule has 0 radical (unpaired) electrons. The van der Waals surface area contributed by atoms with Crippen molar-refractivity contribution in [1.29, 1.82) is 0 Å². The van der Waals surface area contributed by atoms with Crippen LogP contribution in [0.3, 0.4) is 0 Å². The molecule has 19 heavy (non-hydrogen) atoms. The molecule has 0 unspecified atom stereocenters. The average Bonchev–Trinajstić information content (AvgIpc) is 2.47. The normalized spacial score (nSPS) is 29.2. The topological polar surface area (TPSA) is 15.3 Å². The summed E-state index contributed by atoms with van der Waals surface area (Å²) in [6.07, 6.45) is 11.5. The fourth-order valence-corrected chi connectivity index (χ4v) is 4.51. The molecular formula is C17H34N2. The fourth-order valence-electron chi connectivity index (χ4n) is 4.51. The number of hydrogen-bond acceptors (Lipinski definition) is 2. The molecular weight excluding hydrogens is 232 g/mol. The minimum Gasteiger partial charge on any atom is -0.319 e.